The summed E-state index contributed by atoms with van der Waals surface area (Å²) in [6.07, 6.45) is 4.24. The molecular weight excluding hydrogens is 454 g/mol. The Morgan fingerprint density at radius 1 is 1.08 bits per heavy atom. The van der Waals surface area contributed by atoms with Crippen LogP contribution in [0, 0.1) is 25.7 Å². The van der Waals surface area contributed by atoms with E-state index >= 15 is 0 Å². The van der Waals surface area contributed by atoms with E-state index in [4.69, 9.17) is 4.74 Å². The fraction of sp³-hybridized carbons (Fsp3) is 0.214. The van der Waals surface area contributed by atoms with Crippen LogP contribution in [0.15, 0.2) is 61.1 Å². The first-order valence-electron chi connectivity index (χ1n) is 11.6. The summed E-state index contributed by atoms with van der Waals surface area (Å²) in [7, 11) is 0. The molecule has 1 fully saturated rings. The minimum Gasteiger partial charge on any atom is -0.455 e. The molecule has 2 aromatic carbocycles. The third kappa shape index (κ3) is 5.27. The van der Waals surface area contributed by atoms with Gasteiger partial charge in [-0.2, -0.15) is 0 Å². The standard InChI is InChI=1S/C28H25N5O3/c1-18-14-21(7-10-25(18)36-22-8-5-19(2)30-16-22)33-26-23-15-20(6-9-24(23)31-17-32-26)4-3-13-29-27(34)28(35)11-12-28/h5-10,14-17,35H,11-13H2,1-2H3,(H,29,34)(H,31,32,33). The highest BCUT2D eigenvalue weighted by molar-refractivity contribution is 5.91. The zero-order valence-electron chi connectivity index (χ0n) is 20.0. The van der Waals surface area contributed by atoms with E-state index in [-0.39, 0.29) is 12.5 Å². The van der Waals surface area contributed by atoms with Gasteiger partial charge < -0.3 is 20.5 Å². The quantitative estimate of drug-likeness (QED) is 0.356. The van der Waals surface area contributed by atoms with Crippen LogP contribution in [0.1, 0.15) is 29.7 Å². The number of ether oxygens (including phenoxy) is 1. The highest BCUT2D eigenvalue weighted by Crippen LogP contribution is 2.35. The van der Waals surface area contributed by atoms with E-state index in [1.54, 1.807) is 6.20 Å². The summed E-state index contributed by atoms with van der Waals surface area (Å²) in [4.78, 5) is 24.9. The van der Waals surface area contributed by atoms with E-state index < -0.39 is 5.60 Å². The second kappa shape index (κ2) is 9.64. The molecule has 1 amide bonds. The van der Waals surface area contributed by atoms with Crippen LogP contribution >= 0.6 is 0 Å². The topological polar surface area (TPSA) is 109 Å². The normalized spacial score (nSPS) is 13.4. The first kappa shape index (κ1) is 23.3. The van der Waals surface area contributed by atoms with Gasteiger partial charge in [-0.25, -0.2) is 9.97 Å². The number of rotatable bonds is 6. The molecule has 1 saturated carbocycles. The Hall–Kier alpha value is -4.48. The number of fused-ring (bicyclic) bond motifs is 1. The van der Waals surface area contributed by atoms with Crippen LogP contribution in [-0.2, 0) is 4.79 Å². The number of nitrogens with one attached hydrogen (secondary N) is 2. The third-order valence-electron chi connectivity index (χ3n) is 5.90. The highest BCUT2D eigenvalue weighted by Gasteiger charge is 2.47. The monoisotopic (exact) mass is 479 g/mol. The minimum absolute atomic E-state index is 0.169. The van der Waals surface area contributed by atoms with E-state index in [9.17, 15) is 9.90 Å². The second-order valence-corrected chi connectivity index (χ2v) is 8.81. The summed E-state index contributed by atoms with van der Waals surface area (Å²) in [5.41, 5.74) is 3.12. The van der Waals surface area contributed by atoms with Gasteiger partial charge in [-0.05, 0) is 80.8 Å². The van der Waals surface area contributed by atoms with Crippen LogP contribution < -0.4 is 15.4 Å². The molecule has 4 aromatic rings. The average molecular weight is 480 g/mol. The number of aromatic nitrogens is 3. The summed E-state index contributed by atoms with van der Waals surface area (Å²) < 4.78 is 5.97. The van der Waals surface area contributed by atoms with Gasteiger partial charge in [0.2, 0.25) is 0 Å². The van der Waals surface area contributed by atoms with Crippen LogP contribution in [0.3, 0.4) is 0 Å². The Kier molecular flexibility index (Phi) is 6.23. The molecule has 0 aliphatic heterocycles. The van der Waals surface area contributed by atoms with Crippen molar-refractivity contribution in [2.24, 2.45) is 0 Å². The molecule has 5 rings (SSSR count). The average Bonchev–Trinajstić information content (AvgIpc) is 3.63. The fourth-order valence-electron chi connectivity index (χ4n) is 3.63. The van der Waals surface area contributed by atoms with Gasteiger partial charge in [-0.3, -0.25) is 9.78 Å². The number of nitrogens with zero attached hydrogens (tertiary/aromatic N) is 3. The second-order valence-electron chi connectivity index (χ2n) is 8.81. The summed E-state index contributed by atoms with van der Waals surface area (Å²) in [5, 5.41) is 16.6. The van der Waals surface area contributed by atoms with Gasteiger partial charge in [0, 0.05) is 22.3 Å². The summed E-state index contributed by atoms with van der Waals surface area (Å²) in [6.45, 7) is 4.08. The van der Waals surface area contributed by atoms with Crippen molar-refractivity contribution in [1.29, 1.82) is 0 Å². The lowest BCUT2D eigenvalue weighted by Crippen LogP contribution is -2.36. The molecule has 0 radical (unpaired) electrons. The molecule has 3 N–H and O–H groups in total. The first-order chi connectivity index (χ1) is 17.4. The van der Waals surface area contributed by atoms with Crippen molar-refractivity contribution >= 4 is 28.3 Å². The van der Waals surface area contributed by atoms with Crippen LogP contribution in [0.5, 0.6) is 11.5 Å². The summed E-state index contributed by atoms with van der Waals surface area (Å²) in [5.74, 6) is 7.70. The Bertz CT molecular complexity index is 1500. The van der Waals surface area contributed by atoms with E-state index in [1.807, 2.05) is 62.4 Å². The zero-order valence-corrected chi connectivity index (χ0v) is 20.0. The molecular formula is C28H25N5O3. The van der Waals surface area contributed by atoms with Crippen molar-refractivity contribution in [1.82, 2.24) is 20.3 Å². The molecule has 0 bridgehead atoms. The maximum Gasteiger partial charge on any atom is 0.252 e. The van der Waals surface area contributed by atoms with Gasteiger partial charge in [0.25, 0.3) is 5.91 Å². The molecule has 1 aliphatic rings. The number of pyridine rings is 1. The van der Waals surface area contributed by atoms with Gasteiger partial charge in [0.15, 0.2) is 0 Å². The molecule has 0 saturated heterocycles. The van der Waals surface area contributed by atoms with Crippen LogP contribution in [0.2, 0.25) is 0 Å². The predicted molar refractivity (Wildman–Crippen MR) is 137 cm³/mol. The predicted octanol–water partition coefficient (Wildman–Crippen LogP) is 4.17. The summed E-state index contributed by atoms with van der Waals surface area (Å²) in [6, 6.07) is 15.3. The molecule has 2 heterocycles. The Morgan fingerprint density at radius 2 is 1.94 bits per heavy atom. The number of benzene rings is 2. The van der Waals surface area contributed by atoms with Crippen molar-refractivity contribution in [2.75, 3.05) is 11.9 Å². The van der Waals surface area contributed by atoms with Gasteiger partial charge in [0.05, 0.1) is 18.3 Å². The van der Waals surface area contributed by atoms with Gasteiger partial charge in [0.1, 0.15) is 29.2 Å². The van der Waals surface area contributed by atoms with Crippen molar-refractivity contribution in [2.45, 2.75) is 32.3 Å². The highest BCUT2D eigenvalue weighted by atomic mass is 16.5. The maximum absolute atomic E-state index is 11.8. The molecule has 8 heteroatoms. The first-order valence-corrected chi connectivity index (χ1v) is 11.6. The number of carbonyl (C=O) groups is 1. The van der Waals surface area contributed by atoms with E-state index in [2.05, 4.69) is 37.4 Å². The molecule has 1 aliphatic carbocycles. The van der Waals surface area contributed by atoms with E-state index in [0.717, 1.165) is 39.2 Å². The van der Waals surface area contributed by atoms with Crippen molar-refractivity contribution in [3.63, 3.8) is 0 Å². The van der Waals surface area contributed by atoms with Crippen molar-refractivity contribution in [3.05, 3.63) is 77.9 Å². The van der Waals surface area contributed by atoms with Gasteiger partial charge >= 0.3 is 0 Å². The lowest BCUT2D eigenvalue weighted by molar-refractivity contribution is -0.131. The lowest BCUT2D eigenvalue weighted by Gasteiger charge is -2.12. The van der Waals surface area contributed by atoms with Crippen LogP contribution in [-0.4, -0.2) is 38.1 Å². The molecule has 36 heavy (non-hydrogen) atoms. The molecule has 0 atom stereocenters. The van der Waals surface area contributed by atoms with Gasteiger partial charge in [-0.15, -0.1) is 0 Å². The number of anilines is 2. The van der Waals surface area contributed by atoms with E-state index in [1.165, 1.54) is 6.33 Å². The van der Waals surface area contributed by atoms with Crippen molar-refractivity contribution < 1.29 is 14.6 Å². The number of amides is 1. The number of hydrogen-bond donors (Lipinski definition) is 3. The Morgan fingerprint density at radius 3 is 2.69 bits per heavy atom. The Labute approximate surface area is 208 Å². The van der Waals surface area contributed by atoms with E-state index in [0.29, 0.717) is 24.4 Å². The zero-order chi connectivity index (χ0) is 25.1. The minimum atomic E-state index is -1.19. The largest absolute Gasteiger partial charge is 0.455 e. The smallest absolute Gasteiger partial charge is 0.252 e. The Balaban J connectivity index is 1.31. The molecule has 0 unspecified atom stereocenters. The molecule has 8 nitrogen and oxygen atoms in total. The van der Waals surface area contributed by atoms with Crippen molar-refractivity contribution in [3.8, 4) is 23.3 Å². The maximum atomic E-state index is 11.8. The number of aryl methyl sites for hydroxylation is 2. The number of aliphatic hydroxyl groups is 1. The lowest BCUT2D eigenvalue weighted by atomic mass is 10.1. The number of hydrogen-bond acceptors (Lipinski definition) is 7. The fourth-order valence-corrected chi connectivity index (χ4v) is 3.63. The molecule has 0 spiro atoms. The molecule has 180 valence electrons. The SMILES string of the molecule is Cc1ccc(Oc2ccc(Nc3ncnc4ccc(C#CCNC(=O)C5(O)CC5)cc34)cc2C)cn1. The summed E-state index contributed by atoms with van der Waals surface area (Å²) >= 11 is 0. The molecule has 2 aromatic heterocycles. The van der Waals surface area contributed by atoms with Crippen LogP contribution in [0.4, 0.5) is 11.5 Å². The third-order valence-corrected chi connectivity index (χ3v) is 5.90. The van der Waals surface area contributed by atoms with Crippen LogP contribution in [0.25, 0.3) is 10.9 Å². The number of carbonyl (C=O) groups excluding carboxylic acids is 1. The van der Waals surface area contributed by atoms with Gasteiger partial charge in [-0.1, -0.05) is 11.8 Å².